The number of aromatic nitrogens is 4. The summed E-state index contributed by atoms with van der Waals surface area (Å²) in [6.45, 7) is 0.520. The van der Waals surface area contributed by atoms with Crippen molar-refractivity contribution in [1.29, 1.82) is 0 Å². The maximum atomic E-state index is 12.8. The molecule has 26 heavy (non-hydrogen) atoms. The number of nitrogens with one attached hydrogen (secondary N) is 2. The van der Waals surface area contributed by atoms with Crippen LogP contribution in [0.2, 0.25) is 0 Å². The average molecular weight is 345 g/mol. The van der Waals surface area contributed by atoms with Crippen LogP contribution < -0.4 is 5.32 Å². The van der Waals surface area contributed by atoms with E-state index >= 15 is 0 Å². The van der Waals surface area contributed by atoms with Gasteiger partial charge in [0.25, 0.3) is 5.91 Å². The molecule has 6 nitrogen and oxygen atoms in total. The minimum absolute atomic E-state index is 0.168. The molecule has 0 aliphatic rings. The standard InChI is InChI=1S/C20H19N5O/c1-25-10-8-16-18(25)11-17(14-5-3-2-4-6-14)24-19(16)20(26)22-9-7-15-12-21-13-23-15/h2-6,8,10-13H,7,9H2,1H3,(H,21,23)(H,22,26). The van der Waals surface area contributed by atoms with Crippen molar-refractivity contribution in [2.45, 2.75) is 6.42 Å². The molecule has 130 valence electrons. The second kappa shape index (κ2) is 6.84. The number of H-pyrrole nitrogens is 1. The van der Waals surface area contributed by atoms with E-state index in [0.29, 0.717) is 18.7 Å². The Morgan fingerprint density at radius 1 is 1.23 bits per heavy atom. The number of aryl methyl sites for hydroxylation is 1. The van der Waals surface area contributed by atoms with Crippen molar-refractivity contribution in [3.63, 3.8) is 0 Å². The van der Waals surface area contributed by atoms with Crippen molar-refractivity contribution in [2.75, 3.05) is 6.54 Å². The van der Waals surface area contributed by atoms with Crippen LogP contribution in [0, 0.1) is 0 Å². The van der Waals surface area contributed by atoms with Gasteiger partial charge in [0.1, 0.15) is 5.69 Å². The number of hydrogen-bond donors (Lipinski definition) is 2. The maximum Gasteiger partial charge on any atom is 0.270 e. The molecule has 1 aromatic carbocycles. The zero-order valence-corrected chi connectivity index (χ0v) is 14.4. The van der Waals surface area contributed by atoms with E-state index in [4.69, 9.17) is 0 Å². The van der Waals surface area contributed by atoms with Gasteiger partial charge in [-0.15, -0.1) is 0 Å². The van der Waals surface area contributed by atoms with Crippen LogP contribution in [-0.2, 0) is 13.5 Å². The lowest BCUT2D eigenvalue weighted by Crippen LogP contribution is -2.27. The van der Waals surface area contributed by atoms with Crippen LogP contribution in [0.15, 0.2) is 61.2 Å². The third kappa shape index (κ3) is 3.09. The Morgan fingerprint density at radius 2 is 2.08 bits per heavy atom. The number of pyridine rings is 1. The van der Waals surface area contributed by atoms with Crippen molar-refractivity contribution < 1.29 is 4.79 Å². The predicted molar refractivity (Wildman–Crippen MR) is 101 cm³/mol. The van der Waals surface area contributed by atoms with Crippen molar-refractivity contribution in [3.05, 3.63) is 72.6 Å². The first-order chi connectivity index (χ1) is 12.7. The third-order valence-corrected chi connectivity index (χ3v) is 4.40. The van der Waals surface area contributed by atoms with E-state index in [9.17, 15) is 4.79 Å². The molecular formula is C20H19N5O. The first-order valence-electron chi connectivity index (χ1n) is 8.49. The number of nitrogens with zero attached hydrogens (tertiary/aromatic N) is 3. The quantitative estimate of drug-likeness (QED) is 0.584. The van der Waals surface area contributed by atoms with E-state index in [1.165, 1.54) is 0 Å². The Bertz CT molecular complexity index is 1030. The van der Waals surface area contributed by atoms with E-state index < -0.39 is 0 Å². The number of carbonyl (C=O) groups is 1. The molecule has 0 spiro atoms. The minimum Gasteiger partial charge on any atom is -0.350 e. The fourth-order valence-corrected chi connectivity index (χ4v) is 3.01. The van der Waals surface area contributed by atoms with Gasteiger partial charge in [-0.3, -0.25) is 4.79 Å². The Balaban J connectivity index is 1.65. The highest BCUT2D eigenvalue weighted by Crippen LogP contribution is 2.25. The van der Waals surface area contributed by atoms with E-state index in [-0.39, 0.29) is 5.91 Å². The van der Waals surface area contributed by atoms with Crippen LogP contribution in [0.4, 0.5) is 0 Å². The number of imidazole rings is 1. The summed E-state index contributed by atoms with van der Waals surface area (Å²) in [7, 11) is 1.97. The average Bonchev–Trinajstić information content (AvgIpc) is 3.32. The Morgan fingerprint density at radius 3 is 2.85 bits per heavy atom. The smallest absolute Gasteiger partial charge is 0.270 e. The molecule has 1 amide bonds. The second-order valence-corrected chi connectivity index (χ2v) is 6.16. The van der Waals surface area contributed by atoms with Gasteiger partial charge < -0.3 is 14.9 Å². The maximum absolute atomic E-state index is 12.8. The van der Waals surface area contributed by atoms with Gasteiger partial charge in [0.05, 0.1) is 17.5 Å². The number of carbonyl (C=O) groups excluding carboxylic acids is 1. The highest BCUT2D eigenvalue weighted by Gasteiger charge is 2.16. The molecule has 2 N–H and O–H groups in total. The molecule has 3 aromatic heterocycles. The molecule has 0 aliphatic carbocycles. The lowest BCUT2D eigenvalue weighted by Gasteiger charge is -2.09. The molecule has 0 fully saturated rings. The van der Waals surface area contributed by atoms with Crippen LogP contribution in [0.1, 0.15) is 16.2 Å². The first kappa shape index (κ1) is 16.1. The molecule has 0 saturated carbocycles. The number of fused-ring (bicyclic) bond motifs is 1. The van der Waals surface area contributed by atoms with Gasteiger partial charge in [0.15, 0.2) is 0 Å². The van der Waals surface area contributed by atoms with Crippen LogP contribution in [0.3, 0.4) is 0 Å². The number of aromatic amines is 1. The highest BCUT2D eigenvalue weighted by molar-refractivity contribution is 6.05. The molecule has 4 aromatic rings. The molecule has 0 unspecified atom stereocenters. The summed E-state index contributed by atoms with van der Waals surface area (Å²) in [5, 5.41) is 3.81. The topological polar surface area (TPSA) is 75.6 Å². The summed E-state index contributed by atoms with van der Waals surface area (Å²) < 4.78 is 2.00. The van der Waals surface area contributed by atoms with Crippen LogP contribution >= 0.6 is 0 Å². The Kier molecular flexibility index (Phi) is 4.23. The van der Waals surface area contributed by atoms with Crippen LogP contribution in [0.25, 0.3) is 22.2 Å². The van der Waals surface area contributed by atoms with Gasteiger partial charge in [0.2, 0.25) is 0 Å². The Labute approximate surface area is 150 Å². The molecule has 0 saturated heterocycles. The number of benzene rings is 1. The molecule has 4 rings (SSSR count). The monoisotopic (exact) mass is 345 g/mol. The van der Waals surface area contributed by atoms with Crippen molar-refractivity contribution in [3.8, 4) is 11.3 Å². The van der Waals surface area contributed by atoms with Gasteiger partial charge >= 0.3 is 0 Å². The predicted octanol–water partition coefficient (Wildman–Crippen LogP) is 2.94. The molecule has 0 radical (unpaired) electrons. The molecule has 3 heterocycles. The summed E-state index contributed by atoms with van der Waals surface area (Å²) in [6.07, 6.45) is 6.04. The molecule has 0 bridgehead atoms. The van der Waals surface area contributed by atoms with Crippen molar-refractivity contribution in [1.82, 2.24) is 24.8 Å². The number of hydrogen-bond acceptors (Lipinski definition) is 3. The third-order valence-electron chi connectivity index (χ3n) is 4.40. The minimum atomic E-state index is -0.168. The van der Waals surface area contributed by atoms with Gasteiger partial charge in [0, 0.05) is 49.1 Å². The molecule has 0 aliphatic heterocycles. The molecule has 6 heteroatoms. The van der Waals surface area contributed by atoms with Gasteiger partial charge in [-0.05, 0) is 12.1 Å². The van der Waals surface area contributed by atoms with Gasteiger partial charge in [-0.2, -0.15) is 0 Å². The summed E-state index contributed by atoms with van der Waals surface area (Å²) in [5.41, 5.74) is 4.20. The lowest BCUT2D eigenvalue weighted by molar-refractivity contribution is 0.0951. The summed E-state index contributed by atoms with van der Waals surface area (Å²) in [4.78, 5) is 24.4. The number of rotatable bonds is 5. The molecule has 0 atom stereocenters. The van der Waals surface area contributed by atoms with E-state index in [0.717, 1.165) is 27.9 Å². The van der Waals surface area contributed by atoms with Crippen molar-refractivity contribution in [2.24, 2.45) is 7.05 Å². The summed E-state index contributed by atoms with van der Waals surface area (Å²) in [5.74, 6) is -0.168. The van der Waals surface area contributed by atoms with E-state index in [2.05, 4.69) is 20.3 Å². The second-order valence-electron chi connectivity index (χ2n) is 6.16. The fourth-order valence-electron chi connectivity index (χ4n) is 3.01. The van der Waals surface area contributed by atoms with Gasteiger partial charge in [-0.25, -0.2) is 9.97 Å². The van der Waals surface area contributed by atoms with Crippen molar-refractivity contribution >= 4 is 16.8 Å². The SMILES string of the molecule is Cn1ccc2c(C(=O)NCCc3cnc[nH]3)nc(-c3ccccc3)cc21. The summed E-state index contributed by atoms with van der Waals surface area (Å²) >= 11 is 0. The van der Waals surface area contributed by atoms with Crippen LogP contribution in [-0.4, -0.2) is 32.0 Å². The first-order valence-corrected chi connectivity index (χ1v) is 8.49. The fraction of sp³-hybridized carbons (Fsp3) is 0.150. The Hall–Kier alpha value is -3.41. The summed E-state index contributed by atoms with van der Waals surface area (Å²) in [6, 6.07) is 13.8. The van der Waals surface area contributed by atoms with Crippen LogP contribution in [0.5, 0.6) is 0 Å². The van der Waals surface area contributed by atoms with E-state index in [1.807, 2.05) is 60.3 Å². The largest absolute Gasteiger partial charge is 0.350 e. The number of amides is 1. The molecular weight excluding hydrogens is 326 g/mol. The normalized spacial score (nSPS) is 11.0. The lowest BCUT2D eigenvalue weighted by atomic mass is 10.1. The van der Waals surface area contributed by atoms with Gasteiger partial charge in [-0.1, -0.05) is 30.3 Å². The highest BCUT2D eigenvalue weighted by atomic mass is 16.1. The zero-order valence-electron chi connectivity index (χ0n) is 14.4. The van der Waals surface area contributed by atoms with E-state index in [1.54, 1.807) is 12.5 Å². The zero-order chi connectivity index (χ0) is 17.9.